The Morgan fingerprint density at radius 1 is 1.19 bits per heavy atom. The van der Waals surface area contributed by atoms with E-state index in [1.165, 1.54) is 29.7 Å². The lowest BCUT2D eigenvalue weighted by Crippen LogP contribution is -2.43. The Morgan fingerprint density at radius 3 is 2.50 bits per heavy atom. The number of likely N-dealkylation sites (tertiary alicyclic amines) is 1. The number of rotatable bonds is 4. The van der Waals surface area contributed by atoms with Crippen LogP contribution in [0, 0.1) is 18.6 Å². The van der Waals surface area contributed by atoms with Crippen LogP contribution in [-0.4, -0.2) is 58.4 Å². The number of hydrogen-bond acceptors (Lipinski definition) is 3. The van der Waals surface area contributed by atoms with Gasteiger partial charge in [-0.1, -0.05) is 0 Å². The minimum atomic E-state index is -1.10. The maximum Gasteiger partial charge on any atom is 0.323 e. The first-order valence-electron chi connectivity index (χ1n) is 8.44. The SMILES string of the molecule is CC(=O)N(CC(=O)O)C1CCCN(C(=O)c2cc(C)c(F)cc2F)CC1. The first-order valence-corrected chi connectivity index (χ1v) is 8.44. The van der Waals surface area contributed by atoms with Gasteiger partial charge in [-0.25, -0.2) is 8.78 Å². The molecule has 1 aliphatic heterocycles. The van der Waals surface area contributed by atoms with E-state index in [4.69, 9.17) is 5.11 Å². The summed E-state index contributed by atoms with van der Waals surface area (Å²) in [6, 6.07) is 1.61. The van der Waals surface area contributed by atoms with Crippen LogP contribution in [0.3, 0.4) is 0 Å². The van der Waals surface area contributed by atoms with Crippen LogP contribution in [-0.2, 0) is 9.59 Å². The molecule has 1 unspecified atom stereocenters. The maximum absolute atomic E-state index is 14.0. The molecule has 1 aromatic carbocycles. The van der Waals surface area contributed by atoms with Gasteiger partial charge in [-0.05, 0) is 37.8 Å². The summed E-state index contributed by atoms with van der Waals surface area (Å²) in [5.41, 5.74) is 0.00275. The van der Waals surface area contributed by atoms with Crippen molar-refractivity contribution in [1.29, 1.82) is 0 Å². The number of aliphatic carboxylic acids is 1. The summed E-state index contributed by atoms with van der Waals surface area (Å²) in [6.07, 6.45) is 1.52. The fourth-order valence-electron chi connectivity index (χ4n) is 3.23. The lowest BCUT2D eigenvalue weighted by Gasteiger charge is -2.29. The second-order valence-corrected chi connectivity index (χ2v) is 6.50. The molecule has 1 fully saturated rings. The Balaban J connectivity index is 2.12. The third kappa shape index (κ3) is 4.56. The van der Waals surface area contributed by atoms with Crippen LogP contribution in [0.15, 0.2) is 12.1 Å². The molecule has 0 bridgehead atoms. The van der Waals surface area contributed by atoms with Crippen molar-refractivity contribution in [2.24, 2.45) is 0 Å². The van der Waals surface area contributed by atoms with Gasteiger partial charge < -0.3 is 14.9 Å². The van der Waals surface area contributed by atoms with E-state index in [1.807, 2.05) is 0 Å². The highest BCUT2D eigenvalue weighted by molar-refractivity contribution is 5.94. The smallest absolute Gasteiger partial charge is 0.323 e. The molecule has 2 rings (SSSR count). The molecule has 0 aliphatic carbocycles. The summed E-state index contributed by atoms with van der Waals surface area (Å²) in [6.45, 7) is 3.01. The number of carboxylic acid groups (broad SMARTS) is 1. The minimum absolute atomic E-state index is 0.184. The third-order valence-electron chi connectivity index (χ3n) is 4.61. The minimum Gasteiger partial charge on any atom is -0.480 e. The molecule has 1 aliphatic rings. The van der Waals surface area contributed by atoms with Gasteiger partial charge in [0.05, 0.1) is 5.56 Å². The number of halogens is 2. The Kier molecular flexibility index (Phi) is 6.28. The van der Waals surface area contributed by atoms with Crippen LogP contribution in [0.5, 0.6) is 0 Å². The number of carbonyl (C=O) groups excluding carboxylic acids is 2. The van der Waals surface area contributed by atoms with Gasteiger partial charge in [0.1, 0.15) is 18.2 Å². The van der Waals surface area contributed by atoms with Crippen LogP contribution in [0.1, 0.15) is 42.1 Å². The second kappa shape index (κ2) is 8.25. The molecule has 6 nitrogen and oxygen atoms in total. The van der Waals surface area contributed by atoms with Crippen molar-refractivity contribution in [2.75, 3.05) is 19.6 Å². The summed E-state index contributed by atoms with van der Waals surface area (Å²) < 4.78 is 27.4. The van der Waals surface area contributed by atoms with Crippen molar-refractivity contribution in [2.45, 2.75) is 39.2 Å². The van der Waals surface area contributed by atoms with Gasteiger partial charge in [-0.2, -0.15) is 0 Å². The van der Waals surface area contributed by atoms with Crippen molar-refractivity contribution in [3.8, 4) is 0 Å². The van der Waals surface area contributed by atoms with Gasteiger partial charge in [0, 0.05) is 32.1 Å². The van der Waals surface area contributed by atoms with E-state index in [2.05, 4.69) is 0 Å². The zero-order chi connectivity index (χ0) is 19.4. The lowest BCUT2D eigenvalue weighted by atomic mass is 10.1. The van der Waals surface area contributed by atoms with Gasteiger partial charge in [0.15, 0.2) is 0 Å². The molecule has 1 heterocycles. The molecular weight excluding hydrogens is 346 g/mol. The van der Waals surface area contributed by atoms with E-state index in [1.54, 1.807) is 0 Å². The molecule has 1 N–H and O–H groups in total. The predicted octanol–water partition coefficient (Wildman–Crippen LogP) is 2.20. The molecule has 0 saturated carbocycles. The van der Waals surface area contributed by atoms with Crippen LogP contribution >= 0.6 is 0 Å². The topological polar surface area (TPSA) is 77.9 Å². The normalized spacial score (nSPS) is 17.5. The summed E-state index contributed by atoms with van der Waals surface area (Å²) in [4.78, 5) is 38.1. The van der Waals surface area contributed by atoms with E-state index < -0.39 is 23.5 Å². The highest BCUT2D eigenvalue weighted by atomic mass is 19.1. The Hall–Kier alpha value is -2.51. The number of benzene rings is 1. The van der Waals surface area contributed by atoms with E-state index in [0.29, 0.717) is 31.9 Å². The van der Waals surface area contributed by atoms with Gasteiger partial charge in [0.25, 0.3) is 5.91 Å². The van der Waals surface area contributed by atoms with Crippen molar-refractivity contribution < 1.29 is 28.3 Å². The molecular formula is C18H22F2N2O4. The Labute approximate surface area is 150 Å². The first-order chi connectivity index (χ1) is 12.2. The average molecular weight is 368 g/mol. The fraction of sp³-hybridized carbons (Fsp3) is 0.500. The lowest BCUT2D eigenvalue weighted by molar-refractivity contribution is -0.145. The standard InChI is InChI=1S/C18H22F2N2O4/c1-11-8-14(16(20)9-15(11)19)18(26)21-6-3-4-13(5-7-21)22(12(2)23)10-17(24)25/h8-9,13H,3-7,10H2,1-2H3,(H,24,25). The molecule has 8 heteroatoms. The summed E-state index contributed by atoms with van der Waals surface area (Å²) in [5.74, 6) is -3.58. The molecule has 2 amide bonds. The van der Waals surface area contributed by atoms with E-state index in [-0.39, 0.29) is 36.2 Å². The van der Waals surface area contributed by atoms with E-state index in [0.717, 1.165) is 0 Å². The second-order valence-electron chi connectivity index (χ2n) is 6.50. The molecule has 0 aromatic heterocycles. The summed E-state index contributed by atoms with van der Waals surface area (Å²) in [5, 5.41) is 8.97. The van der Waals surface area contributed by atoms with Crippen LogP contribution < -0.4 is 0 Å². The number of amides is 2. The number of carbonyl (C=O) groups is 3. The summed E-state index contributed by atoms with van der Waals surface area (Å²) >= 11 is 0. The summed E-state index contributed by atoms with van der Waals surface area (Å²) in [7, 11) is 0. The number of carboxylic acids is 1. The molecule has 1 atom stereocenters. The van der Waals surface area contributed by atoms with E-state index in [9.17, 15) is 23.2 Å². The van der Waals surface area contributed by atoms with Crippen molar-refractivity contribution >= 4 is 17.8 Å². The Morgan fingerprint density at radius 2 is 1.88 bits per heavy atom. The number of aryl methyl sites for hydroxylation is 1. The molecule has 1 aromatic rings. The number of hydrogen-bond donors (Lipinski definition) is 1. The third-order valence-corrected chi connectivity index (χ3v) is 4.61. The maximum atomic E-state index is 14.0. The highest BCUT2D eigenvalue weighted by Gasteiger charge is 2.29. The zero-order valence-corrected chi connectivity index (χ0v) is 14.8. The van der Waals surface area contributed by atoms with Gasteiger partial charge in [-0.15, -0.1) is 0 Å². The van der Waals surface area contributed by atoms with Crippen molar-refractivity contribution in [3.05, 3.63) is 34.9 Å². The monoisotopic (exact) mass is 368 g/mol. The van der Waals surface area contributed by atoms with E-state index >= 15 is 0 Å². The molecule has 0 spiro atoms. The van der Waals surface area contributed by atoms with Gasteiger partial charge in [0.2, 0.25) is 5.91 Å². The molecule has 1 saturated heterocycles. The van der Waals surface area contributed by atoms with Gasteiger partial charge >= 0.3 is 5.97 Å². The largest absolute Gasteiger partial charge is 0.480 e. The fourth-order valence-corrected chi connectivity index (χ4v) is 3.23. The molecule has 142 valence electrons. The van der Waals surface area contributed by atoms with Crippen molar-refractivity contribution in [3.63, 3.8) is 0 Å². The highest BCUT2D eigenvalue weighted by Crippen LogP contribution is 2.21. The van der Waals surface area contributed by atoms with Crippen LogP contribution in [0.4, 0.5) is 8.78 Å². The Bertz CT molecular complexity index is 723. The first kappa shape index (κ1) is 19.8. The molecule has 26 heavy (non-hydrogen) atoms. The number of nitrogens with zero attached hydrogens (tertiary/aromatic N) is 2. The van der Waals surface area contributed by atoms with Gasteiger partial charge in [-0.3, -0.25) is 14.4 Å². The van der Waals surface area contributed by atoms with Crippen molar-refractivity contribution in [1.82, 2.24) is 9.80 Å². The van der Waals surface area contributed by atoms with Crippen LogP contribution in [0.2, 0.25) is 0 Å². The zero-order valence-electron chi connectivity index (χ0n) is 14.8. The predicted molar refractivity (Wildman–Crippen MR) is 89.7 cm³/mol. The molecule has 0 radical (unpaired) electrons. The average Bonchev–Trinajstić information content (AvgIpc) is 2.81. The quantitative estimate of drug-likeness (QED) is 0.884. The van der Waals surface area contributed by atoms with Crippen LogP contribution in [0.25, 0.3) is 0 Å².